The van der Waals surface area contributed by atoms with Gasteiger partial charge in [-0.05, 0) is 28.9 Å². The Labute approximate surface area is 232 Å². The fraction of sp³-hybridized carbons (Fsp3) is 0.385. The number of methoxy groups -OCH3 is 1. The van der Waals surface area contributed by atoms with Gasteiger partial charge in [0.25, 0.3) is 5.88 Å². The number of rotatable bonds is 12. The Balaban J connectivity index is 0.000000587. The van der Waals surface area contributed by atoms with Gasteiger partial charge in [0.1, 0.15) is 11.6 Å². The lowest BCUT2D eigenvalue weighted by molar-refractivity contribution is -0.192. The molecule has 3 heterocycles. The number of aliphatic carboxylic acids is 2. The van der Waals surface area contributed by atoms with Gasteiger partial charge >= 0.3 is 18.1 Å². The summed E-state index contributed by atoms with van der Waals surface area (Å²) in [6, 6.07) is 11.1. The molecule has 1 aliphatic heterocycles. The maximum absolute atomic E-state index is 11.4. The molecule has 4 rings (SSSR count). The van der Waals surface area contributed by atoms with E-state index < -0.39 is 18.1 Å². The molecule has 3 aromatic rings. The van der Waals surface area contributed by atoms with E-state index in [4.69, 9.17) is 33.4 Å². The predicted molar refractivity (Wildman–Crippen MR) is 135 cm³/mol. The molecule has 1 aliphatic rings. The van der Waals surface area contributed by atoms with Gasteiger partial charge < -0.3 is 39.0 Å². The van der Waals surface area contributed by atoms with E-state index in [9.17, 15) is 23.1 Å². The Morgan fingerprint density at radius 3 is 2.51 bits per heavy atom. The van der Waals surface area contributed by atoms with E-state index in [0.29, 0.717) is 49.2 Å². The second kappa shape index (κ2) is 14.2. The smallest absolute Gasteiger partial charge is 0.481 e. The largest absolute Gasteiger partial charge is 0.490 e. The highest BCUT2D eigenvalue weighted by atomic mass is 19.4. The quantitative estimate of drug-likeness (QED) is 0.281. The van der Waals surface area contributed by atoms with Gasteiger partial charge in [0.2, 0.25) is 6.79 Å². The first-order valence-corrected chi connectivity index (χ1v) is 12.2. The van der Waals surface area contributed by atoms with Crippen molar-refractivity contribution in [3.8, 4) is 17.4 Å². The fourth-order valence-corrected chi connectivity index (χ4v) is 3.80. The summed E-state index contributed by atoms with van der Waals surface area (Å²) in [7, 11) is 3.46. The van der Waals surface area contributed by atoms with Gasteiger partial charge in [-0.15, -0.1) is 0 Å². The minimum absolute atomic E-state index is 0.0604. The number of fused-ring (bicyclic) bond motifs is 1. The molecule has 2 aromatic heterocycles. The van der Waals surface area contributed by atoms with Crippen molar-refractivity contribution in [1.82, 2.24) is 10.1 Å². The van der Waals surface area contributed by atoms with Crippen LogP contribution in [0.15, 0.2) is 40.9 Å². The monoisotopic (exact) mass is 583 g/mol. The van der Waals surface area contributed by atoms with E-state index in [2.05, 4.69) is 15.5 Å². The van der Waals surface area contributed by atoms with Crippen molar-refractivity contribution in [3.05, 3.63) is 59.0 Å². The third-order valence-electron chi connectivity index (χ3n) is 5.70. The molecule has 0 bridgehead atoms. The number of nitrogens with one attached hydrogen (secondary N) is 1. The number of carboxylic acid groups (broad SMARTS) is 2. The van der Waals surface area contributed by atoms with Crippen LogP contribution in [0.3, 0.4) is 0 Å². The molecular formula is C26H28F3N3O9. The molecule has 0 saturated carbocycles. The number of anilines is 1. The van der Waals surface area contributed by atoms with Gasteiger partial charge in [0.05, 0.1) is 19.6 Å². The SMILES string of the molecule is CNc1nc(CCOc2cc(CC(CC(=O)O)c3ccc4c(c3)OCO4)on2)ccc1COC.O=C(O)C(F)(F)F. The predicted octanol–water partition coefficient (Wildman–Crippen LogP) is 4.04. The third-order valence-corrected chi connectivity index (χ3v) is 5.70. The van der Waals surface area contributed by atoms with Gasteiger partial charge in [-0.2, -0.15) is 13.2 Å². The summed E-state index contributed by atoms with van der Waals surface area (Å²) in [5.74, 6) is -1.05. The minimum atomic E-state index is -5.08. The van der Waals surface area contributed by atoms with Crippen LogP contribution in [0.5, 0.6) is 17.4 Å². The van der Waals surface area contributed by atoms with Crippen LogP contribution < -0.4 is 19.5 Å². The van der Waals surface area contributed by atoms with Crippen LogP contribution in [-0.4, -0.2) is 66.0 Å². The van der Waals surface area contributed by atoms with Crippen molar-refractivity contribution in [2.45, 2.75) is 38.0 Å². The molecule has 0 radical (unpaired) electrons. The molecule has 0 saturated heterocycles. The summed E-state index contributed by atoms with van der Waals surface area (Å²) >= 11 is 0. The first-order valence-electron chi connectivity index (χ1n) is 12.2. The number of ether oxygens (including phenoxy) is 4. The first-order chi connectivity index (χ1) is 19.5. The average molecular weight is 584 g/mol. The topological polar surface area (TPSA) is 162 Å². The van der Waals surface area contributed by atoms with E-state index in [1.807, 2.05) is 31.3 Å². The fourth-order valence-electron chi connectivity index (χ4n) is 3.80. The molecule has 15 heteroatoms. The molecule has 0 fully saturated rings. The highest BCUT2D eigenvalue weighted by molar-refractivity contribution is 5.73. The zero-order chi connectivity index (χ0) is 30.0. The zero-order valence-electron chi connectivity index (χ0n) is 22.1. The number of aromatic nitrogens is 2. The Morgan fingerprint density at radius 1 is 1.12 bits per heavy atom. The molecule has 0 amide bonds. The number of pyridine rings is 1. The van der Waals surface area contributed by atoms with Crippen LogP contribution in [0.4, 0.5) is 19.0 Å². The first kappa shape index (κ1) is 31.0. The highest BCUT2D eigenvalue weighted by Crippen LogP contribution is 2.36. The summed E-state index contributed by atoms with van der Waals surface area (Å²) in [6.07, 6.45) is -4.20. The molecule has 0 aliphatic carbocycles. The summed E-state index contributed by atoms with van der Waals surface area (Å²) in [5, 5.41) is 23.6. The number of alkyl halides is 3. The number of carboxylic acids is 2. The van der Waals surface area contributed by atoms with Crippen molar-refractivity contribution < 1.29 is 56.4 Å². The maximum Gasteiger partial charge on any atom is 0.490 e. The van der Waals surface area contributed by atoms with E-state index >= 15 is 0 Å². The third kappa shape index (κ3) is 9.27. The molecule has 3 N–H and O–H groups in total. The number of benzene rings is 1. The summed E-state index contributed by atoms with van der Waals surface area (Å²) in [6.45, 7) is 1.01. The maximum atomic E-state index is 11.4. The average Bonchev–Trinajstić information content (AvgIpc) is 3.57. The van der Waals surface area contributed by atoms with Crippen LogP contribution in [0.2, 0.25) is 0 Å². The number of halogens is 3. The number of hydrogen-bond donors (Lipinski definition) is 3. The van der Waals surface area contributed by atoms with E-state index in [1.165, 1.54) is 0 Å². The lowest BCUT2D eigenvalue weighted by Gasteiger charge is -2.14. The van der Waals surface area contributed by atoms with Crippen LogP contribution in [0.25, 0.3) is 0 Å². The van der Waals surface area contributed by atoms with Crippen molar-refractivity contribution in [2.24, 2.45) is 0 Å². The molecule has 0 spiro atoms. The molecule has 1 atom stereocenters. The van der Waals surface area contributed by atoms with Gasteiger partial charge in [-0.1, -0.05) is 12.1 Å². The number of nitrogens with zero attached hydrogens (tertiary/aromatic N) is 2. The second-order valence-corrected chi connectivity index (χ2v) is 8.64. The summed E-state index contributed by atoms with van der Waals surface area (Å²) < 4.78 is 58.8. The van der Waals surface area contributed by atoms with Crippen molar-refractivity contribution in [1.29, 1.82) is 0 Å². The van der Waals surface area contributed by atoms with Gasteiger partial charge in [-0.25, -0.2) is 9.78 Å². The Morgan fingerprint density at radius 2 is 1.85 bits per heavy atom. The standard InChI is InChI=1S/C24H27N3O7.C2HF3O2/c1-25-24-16(13-30-2)3-5-18(26-24)7-8-31-22-12-19(34-27-22)9-17(11-23(28)29)15-4-6-20-21(10-15)33-14-32-20;3-2(4,5)1(6)7/h3-6,10,12,17H,7-9,11,13-14H2,1-2H3,(H,25,26)(H,28,29);(H,6,7). The molecule has 1 unspecified atom stereocenters. The minimum Gasteiger partial charge on any atom is -0.481 e. The molecular weight excluding hydrogens is 555 g/mol. The van der Waals surface area contributed by atoms with Crippen LogP contribution >= 0.6 is 0 Å². The van der Waals surface area contributed by atoms with Crippen molar-refractivity contribution in [2.75, 3.05) is 32.9 Å². The van der Waals surface area contributed by atoms with Gasteiger partial charge in [0, 0.05) is 50.2 Å². The Kier molecular flexibility index (Phi) is 10.7. The Hall–Kier alpha value is -4.53. The van der Waals surface area contributed by atoms with Crippen LogP contribution in [0.1, 0.15) is 34.9 Å². The van der Waals surface area contributed by atoms with Crippen LogP contribution in [-0.2, 0) is 33.8 Å². The lowest BCUT2D eigenvalue weighted by atomic mass is 9.91. The highest BCUT2D eigenvalue weighted by Gasteiger charge is 2.38. The molecule has 222 valence electrons. The van der Waals surface area contributed by atoms with Crippen molar-refractivity contribution in [3.63, 3.8) is 0 Å². The van der Waals surface area contributed by atoms with Gasteiger partial charge in [0.15, 0.2) is 11.5 Å². The van der Waals surface area contributed by atoms with E-state index in [-0.39, 0.29) is 19.1 Å². The normalized spacial score (nSPS) is 12.7. The van der Waals surface area contributed by atoms with Crippen molar-refractivity contribution >= 4 is 17.8 Å². The second-order valence-electron chi connectivity index (χ2n) is 8.64. The van der Waals surface area contributed by atoms with Gasteiger partial charge in [-0.3, -0.25) is 4.79 Å². The van der Waals surface area contributed by atoms with E-state index in [0.717, 1.165) is 22.6 Å². The molecule has 41 heavy (non-hydrogen) atoms. The molecule has 12 nitrogen and oxygen atoms in total. The van der Waals surface area contributed by atoms with E-state index in [1.54, 1.807) is 19.2 Å². The summed E-state index contributed by atoms with van der Waals surface area (Å²) in [5.41, 5.74) is 2.68. The zero-order valence-corrected chi connectivity index (χ0v) is 22.1. The number of hydrogen-bond acceptors (Lipinski definition) is 10. The molecule has 1 aromatic carbocycles. The Bertz CT molecular complexity index is 1330. The number of carbonyl (C=O) groups is 2. The summed E-state index contributed by atoms with van der Waals surface area (Å²) in [4.78, 5) is 24.9. The lowest BCUT2D eigenvalue weighted by Crippen LogP contribution is -2.21. The van der Waals surface area contributed by atoms with Crippen LogP contribution in [0, 0.1) is 0 Å².